The van der Waals surface area contributed by atoms with Crippen molar-refractivity contribution in [3.63, 3.8) is 0 Å². The molecule has 1 aliphatic rings. The van der Waals surface area contributed by atoms with Crippen molar-refractivity contribution >= 4 is 0 Å². The summed E-state index contributed by atoms with van der Waals surface area (Å²) in [5.41, 5.74) is 0. The average molecular weight is 236 g/mol. The molecule has 0 bridgehead atoms. The highest BCUT2D eigenvalue weighted by atomic mass is 15.2. The van der Waals surface area contributed by atoms with Crippen LogP contribution in [0.15, 0.2) is 12.4 Å². The molecule has 1 N–H and O–H groups in total. The van der Waals surface area contributed by atoms with Gasteiger partial charge < -0.3 is 9.88 Å². The summed E-state index contributed by atoms with van der Waals surface area (Å²) in [4.78, 5) is 7.01. The Morgan fingerprint density at radius 2 is 2.41 bits per heavy atom. The van der Waals surface area contributed by atoms with Crippen LogP contribution in [0.1, 0.15) is 25.6 Å². The Hall–Kier alpha value is -0.870. The summed E-state index contributed by atoms with van der Waals surface area (Å²) in [5.74, 6) is 1.19. The summed E-state index contributed by atoms with van der Waals surface area (Å²) in [6.45, 7) is 6.92. The minimum atomic E-state index is 0.732. The van der Waals surface area contributed by atoms with Crippen LogP contribution in [0.2, 0.25) is 0 Å². The summed E-state index contributed by atoms with van der Waals surface area (Å²) < 4.78 is 2.12. The van der Waals surface area contributed by atoms with E-state index in [0.717, 1.165) is 25.6 Å². The van der Waals surface area contributed by atoms with Gasteiger partial charge in [-0.3, -0.25) is 4.90 Å². The first kappa shape index (κ1) is 12.6. The predicted octanol–water partition coefficient (Wildman–Crippen LogP) is 1.04. The van der Waals surface area contributed by atoms with Gasteiger partial charge >= 0.3 is 0 Å². The van der Waals surface area contributed by atoms with Gasteiger partial charge in [-0.2, -0.15) is 0 Å². The highest BCUT2D eigenvalue weighted by Crippen LogP contribution is 2.10. The quantitative estimate of drug-likeness (QED) is 0.801. The number of nitrogens with one attached hydrogen (secondary N) is 1. The minimum Gasteiger partial charge on any atom is -0.338 e. The lowest BCUT2D eigenvalue weighted by Gasteiger charge is -2.27. The molecule has 0 radical (unpaired) electrons. The van der Waals surface area contributed by atoms with Gasteiger partial charge in [-0.25, -0.2) is 4.98 Å². The molecule has 1 aromatic rings. The molecular formula is C13H24N4. The minimum absolute atomic E-state index is 0.732. The summed E-state index contributed by atoms with van der Waals surface area (Å²) in [6.07, 6.45) is 7.49. The Kier molecular flexibility index (Phi) is 4.57. The molecule has 1 unspecified atom stereocenters. The van der Waals surface area contributed by atoms with Crippen molar-refractivity contribution in [2.45, 2.75) is 32.2 Å². The van der Waals surface area contributed by atoms with E-state index in [-0.39, 0.29) is 0 Å². The lowest BCUT2D eigenvalue weighted by Crippen LogP contribution is -2.39. The summed E-state index contributed by atoms with van der Waals surface area (Å²) in [6, 6.07) is 0.732. The Morgan fingerprint density at radius 3 is 3.00 bits per heavy atom. The molecule has 4 nitrogen and oxygen atoms in total. The van der Waals surface area contributed by atoms with Gasteiger partial charge in [-0.15, -0.1) is 0 Å². The molecule has 1 aromatic heterocycles. The van der Waals surface area contributed by atoms with Crippen molar-refractivity contribution in [3.8, 4) is 0 Å². The van der Waals surface area contributed by atoms with Crippen molar-refractivity contribution in [1.29, 1.82) is 0 Å². The van der Waals surface area contributed by atoms with Gasteiger partial charge in [0.2, 0.25) is 0 Å². The maximum Gasteiger partial charge on any atom is 0.109 e. The van der Waals surface area contributed by atoms with E-state index in [9.17, 15) is 0 Å². The fraction of sp³-hybridized carbons (Fsp3) is 0.769. The van der Waals surface area contributed by atoms with Crippen LogP contribution in [-0.4, -0.2) is 46.7 Å². The third-order valence-electron chi connectivity index (χ3n) is 3.61. The maximum atomic E-state index is 4.40. The largest absolute Gasteiger partial charge is 0.338 e. The Labute approximate surface area is 104 Å². The van der Waals surface area contributed by atoms with E-state index in [1.165, 1.54) is 31.8 Å². The van der Waals surface area contributed by atoms with Gasteiger partial charge in [-0.05, 0) is 25.9 Å². The number of hydrogen-bond donors (Lipinski definition) is 1. The second-order valence-corrected chi connectivity index (χ2v) is 4.89. The maximum absolute atomic E-state index is 4.40. The molecule has 1 saturated heterocycles. The molecule has 0 aliphatic carbocycles. The molecule has 0 saturated carbocycles. The van der Waals surface area contributed by atoms with E-state index in [1.807, 2.05) is 12.4 Å². The normalized spacial score (nSPS) is 20.3. The van der Waals surface area contributed by atoms with Crippen LogP contribution in [0.3, 0.4) is 0 Å². The molecular weight excluding hydrogens is 212 g/mol. The van der Waals surface area contributed by atoms with Crippen molar-refractivity contribution in [3.05, 3.63) is 18.2 Å². The number of aromatic nitrogens is 2. The molecule has 96 valence electrons. The molecule has 17 heavy (non-hydrogen) atoms. The third-order valence-corrected chi connectivity index (χ3v) is 3.61. The fourth-order valence-electron chi connectivity index (χ4n) is 2.60. The molecule has 4 heteroatoms. The first-order valence-corrected chi connectivity index (χ1v) is 6.72. The van der Waals surface area contributed by atoms with E-state index in [0.29, 0.717) is 0 Å². The van der Waals surface area contributed by atoms with Crippen LogP contribution in [0.4, 0.5) is 0 Å². The molecule has 0 amide bonds. The SMILES string of the molecule is CCCN(CCc1nccn1C)C1CCNC1. The van der Waals surface area contributed by atoms with Gasteiger partial charge in [0.1, 0.15) is 5.82 Å². The van der Waals surface area contributed by atoms with E-state index >= 15 is 0 Å². The van der Waals surface area contributed by atoms with Crippen LogP contribution in [-0.2, 0) is 13.5 Å². The van der Waals surface area contributed by atoms with Crippen molar-refractivity contribution in [2.24, 2.45) is 7.05 Å². The second kappa shape index (κ2) is 6.17. The number of hydrogen-bond acceptors (Lipinski definition) is 3. The summed E-state index contributed by atoms with van der Waals surface area (Å²) in [5, 5.41) is 3.45. The van der Waals surface area contributed by atoms with Crippen LogP contribution in [0.25, 0.3) is 0 Å². The Balaban J connectivity index is 1.86. The zero-order valence-electron chi connectivity index (χ0n) is 11.0. The molecule has 1 fully saturated rings. The monoisotopic (exact) mass is 236 g/mol. The smallest absolute Gasteiger partial charge is 0.109 e. The Bertz CT molecular complexity index is 328. The highest BCUT2D eigenvalue weighted by Gasteiger charge is 2.21. The number of nitrogens with zero attached hydrogens (tertiary/aromatic N) is 3. The molecule has 0 spiro atoms. The predicted molar refractivity (Wildman–Crippen MR) is 70.1 cm³/mol. The lowest BCUT2D eigenvalue weighted by molar-refractivity contribution is 0.209. The van der Waals surface area contributed by atoms with Gasteiger partial charge in [-0.1, -0.05) is 6.92 Å². The van der Waals surface area contributed by atoms with Gasteiger partial charge in [0.15, 0.2) is 0 Å². The number of rotatable bonds is 6. The fourth-order valence-corrected chi connectivity index (χ4v) is 2.60. The van der Waals surface area contributed by atoms with Gasteiger partial charge in [0.05, 0.1) is 0 Å². The first-order valence-electron chi connectivity index (χ1n) is 6.72. The van der Waals surface area contributed by atoms with E-state index in [1.54, 1.807) is 0 Å². The van der Waals surface area contributed by atoms with Gasteiger partial charge in [0, 0.05) is 45.0 Å². The van der Waals surface area contributed by atoms with Crippen LogP contribution in [0.5, 0.6) is 0 Å². The first-order chi connectivity index (χ1) is 8.31. The van der Waals surface area contributed by atoms with Gasteiger partial charge in [0.25, 0.3) is 0 Å². The number of aryl methyl sites for hydroxylation is 1. The van der Waals surface area contributed by atoms with Crippen LogP contribution in [0, 0.1) is 0 Å². The summed E-state index contributed by atoms with van der Waals surface area (Å²) in [7, 11) is 2.07. The average Bonchev–Trinajstić information content (AvgIpc) is 2.96. The highest BCUT2D eigenvalue weighted by molar-refractivity contribution is 4.92. The summed E-state index contributed by atoms with van der Waals surface area (Å²) >= 11 is 0. The lowest BCUT2D eigenvalue weighted by atomic mass is 10.2. The second-order valence-electron chi connectivity index (χ2n) is 4.89. The van der Waals surface area contributed by atoms with Crippen molar-refractivity contribution < 1.29 is 0 Å². The standard InChI is InChI=1S/C13H24N4/c1-3-8-17(12-4-6-14-11-12)9-5-13-15-7-10-16(13)2/h7,10,12,14H,3-6,8-9,11H2,1-2H3. The molecule has 0 aromatic carbocycles. The zero-order valence-corrected chi connectivity index (χ0v) is 11.0. The van der Waals surface area contributed by atoms with Crippen molar-refractivity contribution in [2.75, 3.05) is 26.2 Å². The van der Waals surface area contributed by atoms with E-state index < -0.39 is 0 Å². The van der Waals surface area contributed by atoms with E-state index in [4.69, 9.17) is 0 Å². The Morgan fingerprint density at radius 1 is 1.53 bits per heavy atom. The third kappa shape index (κ3) is 3.30. The molecule has 1 atom stereocenters. The number of imidazole rings is 1. The molecule has 2 rings (SSSR count). The topological polar surface area (TPSA) is 33.1 Å². The van der Waals surface area contributed by atoms with Crippen molar-refractivity contribution in [1.82, 2.24) is 19.8 Å². The van der Waals surface area contributed by atoms with E-state index in [2.05, 4.69) is 33.7 Å². The van der Waals surface area contributed by atoms with Crippen LogP contribution < -0.4 is 5.32 Å². The molecule has 1 aliphatic heterocycles. The molecule has 2 heterocycles. The van der Waals surface area contributed by atoms with Crippen LogP contribution >= 0.6 is 0 Å². The zero-order chi connectivity index (χ0) is 12.1.